The summed E-state index contributed by atoms with van der Waals surface area (Å²) in [4.78, 5) is 4.06. The van der Waals surface area contributed by atoms with Crippen molar-refractivity contribution in [2.75, 3.05) is 32.1 Å². The molecule has 3 heteroatoms. The van der Waals surface area contributed by atoms with Gasteiger partial charge in [-0.3, -0.25) is 4.90 Å². The Kier molecular flexibility index (Phi) is 3.41. The Hall–Kier alpha value is -0.510. The molecule has 1 aromatic rings. The van der Waals surface area contributed by atoms with E-state index >= 15 is 0 Å². The van der Waals surface area contributed by atoms with E-state index in [0.29, 0.717) is 12.0 Å². The molecular weight excluding hydrogens is 230 g/mol. The van der Waals surface area contributed by atoms with Crippen LogP contribution in [0, 0.1) is 0 Å². The fourth-order valence-corrected chi connectivity index (χ4v) is 3.94. The molecule has 2 aliphatic heterocycles. The SMILES string of the molecule is CC1COCCN1CC1CSc2ccccc21. The standard InChI is InChI=1S/C14H19NOS/c1-11-9-16-7-6-15(11)8-12-10-17-14-5-3-2-4-13(12)14/h2-5,11-12H,6-10H2,1H3. The number of hydrogen-bond acceptors (Lipinski definition) is 3. The van der Waals surface area contributed by atoms with Gasteiger partial charge in [0.05, 0.1) is 13.2 Å². The van der Waals surface area contributed by atoms with Crippen molar-refractivity contribution < 1.29 is 4.74 Å². The molecule has 1 saturated heterocycles. The molecule has 2 atom stereocenters. The predicted molar refractivity (Wildman–Crippen MR) is 71.8 cm³/mol. The van der Waals surface area contributed by atoms with Gasteiger partial charge in [0.2, 0.25) is 0 Å². The minimum absolute atomic E-state index is 0.571. The van der Waals surface area contributed by atoms with Gasteiger partial charge < -0.3 is 4.74 Å². The zero-order chi connectivity index (χ0) is 11.7. The third kappa shape index (κ3) is 2.37. The van der Waals surface area contributed by atoms with Gasteiger partial charge in [0, 0.05) is 35.7 Å². The summed E-state index contributed by atoms with van der Waals surface area (Å²) in [6, 6.07) is 9.43. The van der Waals surface area contributed by atoms with Crippen molar-refractivity contribution in [2.45, 2.75) is 23.8 Å². The Morgan fingerprint density at radius 3 is 3.18 bits per heavy atom. The van der Waals surface area contributed by atoms with Crippen LogP contribution < -0.4 is 0 Å². The first-order chi connectivity index (χ1) is 8.34. The van der Waals surface area contributed by atoms with Crippen molar-refractivity contribution in [2.24, 2.45) is 0 Å². The fourth-order valence-electron chi connectivity index (χ4n) is 2.70. The van der Waals surface area contributed by atoms with Crippen LogP contribution in [0.25, 0.3) is 0 Å². The summed E-state index contributed by atoms with van der Waals surface area (Å²) in [5, 5.41) is 0. The number of fused-ring (bicyclic) bond motifs is 1. The molecule has 0 amide bonds. The van der Waals surface area contributed by atoms with E-state index in [1.165, 1.54) is 17.2 Å². The monoisotopic (exact) mass is 249 g/mol. The highest BCUT2D eigenvalue weighted by molar-refractivity contribution is 7.99. The van der Waals surface area contributed by atoms with Crippen LogP contribution >= 0.6 is 11.8 Å². The first-order valence-electron chi connectivity index (χ1n) is 6.38. The molecule has 2 nitrogen and oxygen atoms in total. The molecule has 92 valence electrons. The van der Waals surface area contributed by atoms with E-state index in [2.05, 4.69) is 36.1 Å². The maximum atomic E-state index is 5.50. The van der Waals surface area contributed by atoms with Gasteiger partial charge in [0.15, 0.2) is 0 Å². The van der Waals surface area contributed by atoms with Crippen LogP contribution in [0.2, 0.25) is 0 Å². The molecule has 0 aliphatic carbocycles. The number of hydrogen-bond donors (Lipinski definition) is 0. The molecule has 2 heterocycles. The number of thioether (sulfide) groups is 1. The number of ether oxygens (including phenoxy) is 1. The Labute approximate surface area is 107 Å². The first kappa shape index (κ1) is 11.6. The zero-order valence-electron chi connectivity index (χ0n) is 10.3. The summed E-state index contributed by atoms with van der Waals surface area (Å²) in [6.07, 6.45) is 0. The zero-order valence-corrected chi connectivity index (χ0v) is 11.1. The lowest BCUT2D eigenvalue weighted by Gasteiger charge is -2.35. The van der Waals surface area contributed by atoms with E-state index in [0.717, 1.165) is 19.8 Å². The molecule has 2 aliphatic rings. The average molecular weight is 249 g/mol. The lowest BCUT2D eigenvalue weighted by atomic mass is 10.00. The Bertz CT molecular complexity index is 396. The summed E-state index contributed by atoms with van der Waals surface area (Å²) in [5.74, 6) is 1.94. The van der Waals surface area contributed by atoms with Crippen molar-refractivity contribution in [3.05, 3.63) is 29.8 Å². The van der Waals surface area contributed by atoms with Crippen LogP contribution in [-0.4, -0.2) is 43.0 Å². The molecule has 0 saturated carbocycles. The summed E-state index contributed by atoms with van der Waals surface area (Å²) >= 11 is 2.01. The topological polar surface area (TPSA) is 12.5 Å². The quantitative estimate of drug-likeness (QED) is 0.799. The third-order valence-corrected chi connectivity index (χ3v) is 5.01. The summed E-state index contributed by atoms with van der Waals surface area (Å²) in [6.45, 7) is 6.33. The van der Waals surface area contributed by atoms with E-state index < -0.39 is 0 Å². The average Bonchev–Trinajstić information content (AvgIpc) is 2.76. The molecule has 2 unspecified atom stereocenters. The summed E-state index contributed by atoms with van der Waals surface area (Å²) < 4.78 is 5.50. The van der Waals surface area contributed by atoms with Crippen molar-refractivity contribution in [1.29, 1.82) is 0 Å². The number of nitrogens with zero attached hydrogens (tertiary/aromatic N) is 1. The van der Waals surface area contributed by atoms with Gasteiger partial charge in [0.25, 0.3) is 0 Å². The van der Waals surface area contributed by atoms with E-state index in [-0.39, 0.29) is 0 Å². The van der Waals surface area contributed by atoms with Crippen molar-refractivity contribution in [3.8, 4) is 0 Å². The van der Waals surface area contributed by atoms with Crippen LogP contribution in [0.15, 0.2) is 29.2 Å². The highest BCUT2D eigenvalue weighted by atomic mass is 32.2. The van der Waals surface area contributed by atoms with Gasteiger partial charge in [-0.25, -0.2) is 0 Å². The Morgan fingerprint density at radius 1 is 1.41 bits per heavy atom. The molecule has 0 spiro atoms. The molecular formula is C14H19NOS. The van der Waals surface area contributed by atoms with Crippen LogP contribution in [-0.2, 0) is 4.74 Å². The van der Waals surface area contributed by atoms with Crippen LogP contribution in [0.4, 0.5) is 0 Å². The highest BCUT2D eigenvalue weighted by Crippen LogP contribution is 2.39. The first-order valence-corrected chi connectivity index (χ1v) is 7.36. The number of rotatable bonds is 2. The highest BCUT2D eigenvalue weighted by Gasteiger charge is 2.27. The summed E-state index contributed by atoms with van der Waals surface area (Å²) in [5.41, 5.74) is 1.55. The van der Waals surface area contributed by atoms with Gasteiger partial charge in [-0.05, 0) is 18.6 Å². The Balaban J connectivity index is 1.70. The second-order valence-corrected chi connectivity index (χ2v) is 6.03. The molecule has 1 aromatic carbocycles. The maximum absolute atomic E-state index is 5.50. The third-order valence-electron chi connectivity index (χ3n) is 3.76. The number of morpholine rings is 1. The molecule has 0 N–H and O–H groups in total. The Morgan fingerprint density at radius 2 is 2.29 bits per heavy atom. The van der Waals surface area contributed by atoms with Gasteiger partial charge in [-0.15, -0.1) is 11.8 Å². The van der Waals surface area contributed by atoms with Crippen LogP contribution in [0.5, 0.6) is 0 Å². The van der Waals surface area contributed by atoms with Crippen molar-refractivity contribution in [1.82, 2.24) is 4.90 Å². The lowest BCUT2D eigenvalue weighted by molar-refractivity contribution is -0.00212. The summed E-state index contributed by atoms with van der Waals surface area (Å²) in [7, 11) is 0. The van der Waals surface area contributed by atoms with Crippen LogP contribution in [0.1, 0.15) is 18.4 Å². The fraction of sp³-hybridized carbons (Fsp3) is 0.571. The van der Waals surface area contributed by atoms with Gasteiger partial charge in [0.1, 0.15) is 0 Å². The molecule has 0 radical (unpaired) electrons. The molecule has 0 aromatic heterocycles. The molecule has 3 rings (SSSR count). The number of benzene rings is 1. The molecule has 1 fully saturated rings. The van der Waals surface area contributed by atoms with Gasteiger partial charge in [-0.1, -0.05) is 18.2 Å². The van der Waals surface area contributed by atoms with E-state index in [1.54, 1.807) is 5.56 Å². The lowest BCUT2D eigenvalue weighted by Crippen LogP contribution is -2.45. The second-order valence-electron chi connectivity index (χ2n) is 4.96. The van der Waals surface area contributed by atoms with Crippen molar-refractivity contribution >= 4 is 11.8 Å². The normalized spacial score (nSPS) is 29.2. The van der Waals surface area contributed by atoms with E-state index in [1.807, 2.05) is 11.8 Å². The second kappa shape index (κ2) is 5.01. The molecule has 0 bridgehead atoms. The largest absolute Gasteiger partial charge is 0.379 e. The van der Waals surface area contributed by atoms with Crippen LogP contribution in [0.3, 0.4) is 0 Å². The minimum atomic E-state index is 0.571. The minimum Gasteiger partial charge on any atom is -0.379 e. The predicted octanol–water partition coefficient (Wildman–Crippen LogP) is 2.60. The van der Waals surface area contributed by atoms with E-state index in [9.17, 15) is 0 Å². The molecule has 17 heavy (non-hydrogen) atoms. The van der Waals surface area contributed by atoms with Gasteiger partial charge in [-0.2, -0.15) is 0 Å². The van der Waals surface area contributed by atoms with Gasteiger partial charge >= 0.3 is 0 Å². The smallest absolute Gasteiger partial charge is 0.0619 e. The maximum Gasteiger partial charge on any atom is 0.0619 e. The van der Waals surface area contributed by atoms with Crippen molar-refractivity contribution in [3.63, 3.8) is 0 Å². The van der Waals surface area contributed by atoms with E-state index in [4.69, 9.17) is 4.74 Å².